The molecule has 0 aliphatic carbocycles. The molecule has 0 unspecified atom stereocenters. The Labute approximate surface area is 175 Å². The largest absolute Gasteiger partial charge is 0.439 e. The van der Waals surface area contributed by atoms with Gasteiger partial charge in [-0.2, -0.15) is 13.2 Å². The zero-order valence-electron chi connectivity index (χ0n) is 16.2. The number of alkyl halides is 3. The van der Waals surface area contributed by atoms with Crippen LogP contribution in [0.25, 0.3) is 21.8 Å². The molecular formula is C23H17F3N2OS. The molecule has 3 nitrogen and oxygen atoms in total. The van der Waals surface area contributed by atoms with Crippen molar-refractivity contribution in [3.8, 4) is 33.5 Å². The normalized spacial score (nSPS) is 11.5. The lowest BCUT2D eigenvalue weighted by molar-refractivity contribution is -0.137. The highest BCUT2D eigenvalue weighted by Crippen LogP contribution is 2.33. The van der Waals surface area contributed by atoms with Crippen LogP contribution >= 0.6 is 11.3 Å². The van der Waals surface area contributed by atoms with Crippen LogP contribution in [0, 0.1) is 13.8 Å². The van der Waals surface area contributed by atoms with E-state index in [-0.39, 0.29) is 5.88 Å². The lowest BCUT2D eigenvalue weighted by atomic mass is 10.0. The average molecular weight is 426 g/mol. The number of hydrogen-bond acceptors (Lipinski definition) is 4. The van der Waals surface area contributed by atoms with Crippen LogP contribution in [0.2, 0.25) is 0 Å². The summed E-state index contributed by atoms with van der Waals surface area (Å²) in [4.78, 5) is 8.47. The molecule has 0 amide bonds. The van der Waals surface area contributed by atoms with E-state index in [1.54, 1.807) is 23.5 Å². The maximum atomic E-state index is 12.6. The van der Waals surface area contributed by atoms with Crippen molar-refractivity contribution in [3.05, 3.63) is 82.9 Å². The number of halogens is 3. The molecule has 0 spiro atoms. The quantitative estimate of drug-likeness (QED) is 0.343. The second-order valence-corrected chi connectivity index (χ2v) is 7.72. The molecule has 0 saturated carbocycles. The number of aryl methyl sites for hydroxylation is 2. The Hall–Kier alpha value is -3.19. The van der Waals surface area contributed by atoms with Gasteiger partial charge in [0, 0.05) is 28.8 Å². The SMILES string of the molecule is Cc1ccc(-c2csc(-c3ccc(Oc4ccc(C(F)(F)F)cn4)cc3)n2)c(C)c1. The molecule has 0 bridgehead atoms. The molecule has 0 saturated heterocycles. The van der Waals surface area contributed by atoms with E-state index in [0.717, 1.165) is 34.1 Å². The van der Waals surface area contributed by atoms with Gasteiger partial charge in [0.25, 0.3) is 0 Å². The molecule has 0 aliphatic rings. The third-order valence-corrected chi connectivity index (χ3v) is 5.44. The molecule has 0 aliphatic heterocycles. The van der Waals surface area contributed by atoms with Crippen molar-refractivity contribution in [1.29, 1.82) is 0 Å². The Morgan fingerprint density at radius 3 is 2.33 bits per heavy atom. The Kier molecular flexibility index (Phi) is 5.30. The van der Waals surface area contributed by atoms with E-state index in [9.17, 15) is 13.2 Å². The van der Waals surface area contributed by atoms with Crippen molar-refractivity contribution < 1.29 is 17.9 Å². The van der Waals surface area contributed by atoms with Crippen LogP contribution in [0.4, 0.5) is 13.2 Å². The van der Waals surface area contributed by atoms with Crippen LogP contribution in [-0.4, -0.2) is 9.97 Å². The summed E-state index contributed by atoms with van der Waals surface area (Å²) in [5.74, 6) is 0.583. The average Bonchev–Trinajstić information content (AvgIpc) is 3.18. The molecule has 4 rings (SSSR count). The molecule has 0 atom stereocenters. The predicted molar refractivity (Wildman–Crippen MR) is 112 cm³/mol. The van der Waals surface area contributed by atoms with Crippen molar-refractivity contribution in [2.45, 2.75) is 20.0 Å². The van der Waals surface area contributed by atoms with Crippen LogP contribution in [-0.2, 0) is 6.18 Å². The second-order valence-electron chi connectivity index (χ2n) is 6.87. The molecule has 0 radical (unpaired) electrons. The summed E-state index contributed by atoms with van der Waals surface area (Å²) in [6.07, 6.45) is -3.66. The fourth-order valence-electron chi connectivity index (χ4n) is 3.03. The van der Waals surface area contributed by atoms with Crippen LogP contribution in [0.5, 0.6) is 11.6 Å². The monoisotopic (exact) mass is 426 g/mol. The lowest BCUT2D eigenvalue weighted by Crippen LogP contribution is -2.05. The van der Waals surface area contributed by atoms with Gasteiger partial charge in [-0.05, 0) is 49.7 Å². The highest BCUT2D eigenvalue weighted by atomic mass is 32.1. The van der Waals surface area contributed by atoms with Gasteiger partial charge in [-0.15, -0.1) is 11.3 Å². The summed E-state index contributed by atoms with van der Waals surface area (Å²) in [5.41, 5.74) is 4.56. The Balaban J connectivity index is 1.49. The van der Waals surface area contributed by atoms with Gasteiger partial charge in [-0.3, -0.25) is 0 Å². The van der Waals surface area contributed by atoms with Gasteiger partial charge in [0.05, 0.1) is 11.3 Å². The smallest absolute Gasteiger partial charge is 0.417 e. The fraction of sp³-hybridized carbons (Fsp3) is 0.130. The molecule has 152 valence electrons. The number of thiazole rings is 1. The number of ether oxygens (including phenoxy) is 1. The van der Waals surface area contributed by atoms with Crippen LogP contribution in [0.15, 0.2) is 66.2 Å². The van der Waals surface area contributed by atoms with Crippen molar-refractivity contribution in [2.75, 3.05) is 0 Å². The number of rotatable bonds is 4. The minimum atomic E-state index is -4.42. The Bertz CT molecular complexity index is 1170. The van der Waals surface area contributed by atoms with E-state index in [0.29, 0.717) is 5.75 Å². The maximum absolute atomic E-state index is 12.6. The van der Waals surface area contributed by atoms with Gasteiger partial charge in [0.15, 0.2) is 0 Å². The molecule has 0 N–H and O–H groups in total. The number of hydrogen-bond donors (Lipinski definition) is 0. The third kappa shape index (κ3) is 4.36. The standard InChI is InChI=1S/C23H17F3N2OS/c1-14-3-9-19(15(2)11-14)20-13-30-22(28-20)16-4-7-18(8-5-16)29-21-10-6-17(12-27-21)23(24,25)26/h3-13H,1-2H3. The topological polar surface area (TPSA) is 35.0 Å². The van der Waals surface area contributed by atoms with Gasteiger partial charge in [0.2, 0.25) is 5.88 Å². The summed E-state index contributed by atoms with van der Waals surface area (Å²) in [6.45, 7) is 4.13. The van der Waals surface area contributed by atoms with Crippen LogP contribution in [0.3, 0.4) is 0 Å². The highest BCUT2D eigenvalue weighted by molar-refractivity contribution is 7.13. The van der Waals surface area contributed by atoms with Gasteiger partial charge < -0.3 is 4.74 Å². The first-order valence-corrected chi connectivity index (χ1v) is 10.0. The lowest BCUT2D eigenvalue weighted by Gasteiger charge is -2.08. The minimum Gasteiger partial charge on any atom is -0.439 e. The van der Waals surface area contributed by atoms with Crippen LogP contribution in [0.1, 0.15) is 16.7 Å². The number of pyridine rings is 1. The van der Waals surface area contributed by atoms with E-state index in [1.807, 2.05) is 17.5 Å². The van der Waals surface area contributed by atoms with E-state index >= 15 is 0 Å². The molecule has 4 aromatic rings. The van der Waals surface area contributed by atoms with Crippen molar-refractivity contribution in [2.24, 2.45) is 0 Å². The molecule has 7 heteroatoms. The Morgan fingerprint density at radius 2 is 1.70 bits per heavy atom. The first-order chi connectivity index (χ1) is 14.3. The molecular weight excluding hydrogens is 409 g/mol. The second kappa shape index (κ2) is 7.91. The van der Waals surface area contributed by atoms with Gasteiger partial charge >= 0.3 is 6.18 Å². The summed E-state index contributed by atoms with van der Waals surface area (Å²) in [5, 5.41) is 2.91. The molecule has 2 aromatic heterocycles. The van der Waals surface area contributed by atoms with Gasteiger partial charge in [-0.1, -0.05) is 23.8 Å². The Morgan fingerprint density at radius 1 is 0.933 bits per heavy atom. The summed E-state index contributed by atoms with van der Waals surface area (Å²) in [7, 11) is 0. The van der Waals surface area contributed by atoms with Gasteiger partial charge in [0.1, 0.15) is 10.8 Å². The van der Waals surface area contributed by atoms with Crippen molar-refractivity contribution in [1.82, 2.24) is 9.97 Å². The molecule has 0 fully saturated rings. The zero-order valence-corrected chi connectivity index (χ0v) is 17.0. The highest BCUT2D eigenvalue weighted by Gasteiger charge is 2.30. The van der Waals surface area contributed by atoms with E-state index in [1.165, 1.54) is 17.2 Å². The van der Waals surface area contributed by atoms with Crippen molar-refractivity contribution in [3.63, 3.8) is 0 Å². The maximum Gasteiger partial charge on any atom is 0.417 e. The van der Waals surface area contributed by atoms with Gasteiger partial charge in [-0.25, -0.2) is 9.97 Å². The van der Waals surface area contributed by atoms with E-state index in [2.05, 4.69) is 37.0 Å². The predicted octanol–water partition coefficient (Wildman–Crippen LogP) is 7.30. The fourth-order valence-corrected chi connectivity index (χ4v) is 3.85. The minimum absolute atomic E-state index is 0.0992. The summed E-state index contributed by atoms with van der Waals surface area (Å²) in [6, 6.07) is 15.7. The van der Waals surface area contributed by atoms with E-state index < -0.39 is 11.7 Å². The summed E-state index contributed by atoms with van der Waals surface area (Å²) >= 11 is 1.55. The third-order valence-electron chi connectivity index (χ3n) is 4.55. The molecule has 2 aromatic carbocycles. The van der Waals surface area contributed by atoms with Crippen LogP contribution < -0.4 is 4.74 Å². The molecule has 30 heavy (non-hydrogen) atoms. The first-order valence-electron chi connectivity index (χ1n) is 9.14. The number of aromatic nitrogens is 2. The first kappa shape index (κ1) is 20.1. The zero-order chi connectivity index (χ0) is 21.3. The van der Waals surface area contributed by atoms with E-state index in [4.69, 9.17) is 9.72 Å². The number of benzene rings is 2. The van der Waals surface area contributed by atoms with Crippen molar-refractivity contribution >= 4 is 11.3 Å². The summed E-state index contributed by atoms with van der Waals surface area (Å²) < 4.78 is 43.4. The molecule has 2 heterocycles. The number of nitrogens with zero attached hydrogens (tertiary/aromatic N) is 2.